The highest BCUT2D eigenvalue weighted by Crippen LogP contribution is 2.29. The van der Waals surface area contributed by atoms with Gasteiger partial charge in [-0.05, 0) is 28.5 Å². The topological polar surface area (TPSA) is 155 Å². The van der Waals surface area contributed by atoms with Gasteiger partial charge in [0.2, 0.25) is 5.88 Å². The molecule has 1 aliphatic heterocycles. The summed E-state index contributed by atoms with van der Waals surface area (Å²) in [5, 5.41) is 16.8. The van der Waals surface area contributed by atoms with Gasteiger partial charge < -0.3 is 24.9 Å². The van der Waals surface area contributed by atoms with Gasteiger partial charge >= 0.3 is 5.97 Å². The monoisotopic (exact) mass is 451 g/mol. The number of aromatic carboxylic acids is 1. The van der Waals surface area contributed by atoms with E-state index in [1.54, 1.807) is 24.4 Å². The first kappa shape index (κ1) is 20.8. The summed E-state index contributed by atoms with van der Waals surface area (Å²) in [5.74, 6) is 0.298. The van der Waals surface area contributed by atoms with E-state index in [9.17, 15) is 9.90 Å². The van der Waals surface area contributed by atoms with Crippen molar-refractivity contribution in [3.63, 3.8) is 0 Å². The number of carbonyl (C=O) groups is 1. The van der Waals surface area contributed by atoms with E-state index in [1.165, 1.54) is 12.1 Å². The van der Waals surface area contributed by atoms with E-state index >= 15 is 0 Å². The number of fused-ring (bicyclic) bond motifs is 1. The minimum atomic E-state index is -1.03. The van der Waals surface area contributed by atoms with Crippen LogP contribution in [-0.4, -0.2) is 73.7 Å². The lowest BCUT2D eigenvalue weighted by Gasteiger charge is -2.26. The number of nitrogens with two attached hydrogens (primary N) is 1. The maximum Gasteiger partial charge on any atom is 0.335 e. The van der Waals surface area contributed by atoms with Crippen LogP contribution < -0.4 is 10.5 Å². The lowest BCUT2D eigenvalue weighted by Crippen LogP contribution is -2.38. The lowest BCUT2D eigenvalue weighted by molar-refractivity contribution is 0.0366. The average Bonchev–Trinajstić information content (AvgIpc) is 3.41. The third-order valence-corrected chi connectivity index (χ3v) is 5.38. The third kappa shape index (κ3) is 4.33. The fourth-order valence-electron chi connectivity index (χ4n) is 3.70. The van der Waals surface area contributed by atoms with E-state index in [4.69, 9.17) is 19.8 Å². The van der Waals surface area contributed by atoms with Gasteiger partial charge in [-0.25, -0.2) is 19.4 Å². The molecule has 0 spiro atoms. The number of imidazole rings is 1. The largest absolute Gasteiger partial charge is 0.478 e. The maximum atomic E-state index is 11.2. The highest BCUT2D eigenvalue weighted by molar-refractivity contribution is 5.88. The zero-order valence-corrected chi connectivity index (χ0v) is 17.5. The van der Waals surface area contributed by atoms with Gasteiger partial charge in [0.1, 0.15) is 11.3 Å². The van der Waals surface area contributed by atoms with Crippen LogP contribution in [0.15, 0.2) is 41.2 Å². The van der Waals surface area contributed by atoms with Crippen molar-refractivity contribution in [3.8, 4) is 23.1 Å². The van der Waals surface area contributed by atoms with Gasteiger partial charge in [-0.2, -0.15) is 0 Å². The van der Waals surface area contributed by atoms with Gasteiger partial charge in [0, 0.05) is 32.2 Å². The Labute approximate surface area is 187 Å². The summed E-state index contributed by atoms with van der Waals surface area (Å²) in [6, 6.07) is 7.97. The predicted molar refractivity (Wildman–Crippen MR) is 116 cm³/mol. The van der Waals surface area contributed by atoms with Crippen LogP contribution in [0.3, 0.4) is 0 Å². The van der Waals surface area contributed by atoms with Crippen LogP contribution in [-0.2, 0) is 11.3 Å². The van der Waals surface area contributed by atoms with Crippen molar-refractivity contribution in [2.75, 3.05) is 38.6 Å². The number of pyridine rings is 1. The number of carboxylic acid groups (broad SMARTS) is 1. The second-order valence-electron chi connectivity index (χ2n) is 7.49. The Morgan fingerprint density at radius 3 is 2.79 bits per heavy atom. The van der Waals surface area contributed by atoms with E-state index in [-0.39, 0.29) is 11.4 Å². The van der Waals surface area contributed by atoms with Crippen LogP contribution in [0.25, 0.3) is 22.6 Å². The molecule has 5 rings (SSSR count). The Morgan fingerprint density at radius 2 is 2.03 bits per heavy atom. The molecule has 1 aliphatic rings. The average molecular weight is 451 g/mol. The molecule has 1 aromatic carbocycles. The van der Waals surface area contributed by atoms with Crippen molar-refractivity contribution in [2.45, 2.75) is 6.54 Å². The molecule has 33 heavy (non-hydrogen) atoms. The number of aromatic nitrogens is 5. The Morgan fingerprint density at radius 1 is 1.18 bits per heavy atom. The van der Waals surface area contributed by atoms with Crippen molar-refractivity contribution in [1.29, 1.82) is 0 Å². The van der Waals surface area contributed by atoms with Gasteiger partial charge in [0.05, 0.1) is 30.5 Å². The Hall–Kier alpha value is -4.03. The van der Waals surface area contributed by atoms with Crippen molar-refractivity contribution < 1.29 is 24.0 Å². The number of morpholine rings is 1. The summed E-state index contributed by atoms with van der Waals surface area (Å²) in [4.78, 5) is 22.5. The molecule has 4 aromatic rings. The summed E-state index contributed by atoms with van der Waals surface area (Å²) in [6.45, 7) is 4.49. The van der Waals surface area contributed by atoms with E-state index in [1.807, 2.05) is 4.57 Å². The first-order valence-corrected chi connectivity index (χ1v) is 10.3. The van der Waals surface area contributed by atoms with Crippen LogP contribution in [0.5, 0.6) is 11.6 Å². The smallest absolute Gasteiger partial charge is 0.335 e. The molecule has 0 amide bonds. The molecule has 1 saturated heterocycles. The normalized spacial score (nSPS) is 14.5. The third-order valence-electron chi connectivity index (χ3n) is 5.38. The molecular weight excluding hydrogens is 430 g/mol. The summed E-state index contributed by atoms with van der Waals surface area (Å²) in [7, 11) is 0. The fraction of sp³-hybridized carbons (Fsp3) is 0.286. The molecule has 0 saturated carbocycles. The fourth-order valence-corrected chi connectivity index (χ4v) is 3.70. The van der Waals surface area contributed by atoms with E-state index in [2.05, 4.69) is 25.2 Å². The van der Waals surface area contributed by atoms with Crippen molar-refractivity contribution in [2.24, 2.45) is 0 Å². The van der Waals surface area contributed by atoms with Crippen molar-refractivity contribution in [1.82, 2.24) is 29.7 Å². The number of hydrogen-bond donors (Lipinski definition) is 2. The SMILES string of the molecule is Nc1nonc1-c1nc2cnc(Oc3cccc(C(=O)O)c3)cc2n1CCN1CCOCC1. The number of ether oxygens (including phenoxy) is 2. The first-order chi connectivity index (χ1) is 16.1. The molecule has 1 fully saturated rings. The summed E-state index contributed by atoms with van der Waals surface area (Å²) < 4.78 is 18.0. The quantitative estimate of drug-likeness (QED) is 0.423. The van der Waals surface area contributed by atoms with E-state index in [0.717, 1.165) is 25.2 Å². The molecule has 12 nitrogen and oxygen atoms in total. The number of carboxylic acids is 1. The van der Waals surface area contributed by atoms with Gasteiger partial charge in [-0.1, -0.05) is 6.07 Å². The summed E-state index contributed by atoms with van der Waals surface area (Å²) in [6.07, 6.45) is 1.59. The van der Waals surface area contributed by atoms with Gasteiger partial charge in [0.25, 0.3) is 0 Å². The molecule has 0 aliphatic carbocycles. The molecule has 0 unspecified atom stereocenters. The zero-order valence-electron chi connectivity index (χ0n) is 17.5. The van der Waals surface area contributed by atoms with Crippen LogP contribution in [0.1, 0.15) is 10.4 Å². The van der Waals surface area contributed by atoms with E-state index in [0.29, 0.717) is 48.4 Å². The zero-order chi connectivity index (χ0) is 22.8. The molecule has 0 radical (unpaired) electrons. The number of rotatable bonds is 7. The van der Waals surface area contributed by atoms with Crippen LogP contribution in [0, 0.1) is 0 Å². The molecule has 3 N–H and O–H groups in total. The van der Waals surface area contributed by atoms with Gasteiger partial charge in [-0.3, -0.25) is 4.90 Å². The number of nitrogens with zero attached hydrogens (tertiary/aromatic N) is 6. The van der Waals surface area contributed by atoms with E-state index < -0.39 is 5.97 Å². The molecule has 3 aromatic heterocycles. The van der Waals surface area contributed by atoms with Crippen molar-refractivity contribution >= 4 is 22.8 Å². The highest BCUT2D eigenvalue weighted by atomic mass is 16.6. The number of benzene rings is 1. The first-order valence-electron chi connectivity index (χ1n) is 10.3. The molecule has 12 heteroatoms. The van der Waals surface area contributed by atoms with Crippen LogP contribution >= 0.6 is 0 Å². The summed E-state index contributed by atoms with van der Waals surface area (Å²) >= 11 is 0. The van der Waals surface area contributed by atoms with Gasteiger partial charge in [-0.15, -0.1) is 0 Å². The second-order valence-corrected chi connectivity index (χ2v) is 7.49. The highest BCUT2D eigenvalue weighted by Gasteiger charge is 2.21. The number of hydrogen-bond acceptors (Lipinski definition) is 10. The lowest BCUT2D eigenvalue weighted by atomic mass is 10.2. The predicted octanol–water partition coefficient (Wildman–Crippen LogP) is 1.89. The standard InChI is InChI=1S/C21H21N7O5/c22-19-18(25-33-26-19)20-24-15-12-23-17(32-14-3-1-2-13(10-14)21(29)30)11-16(15)28(20)5-4-27-6-8-31-9-7-27/h1-3,10-12H,4-9H2,(H2,22,26)(H,29,30). The second kappa shape index (κ2) is 8.84. The Balaban J connectivity index is 1.50. The number of anilines is 1. The molecule has 170 valence electrons. The Kier molecular flexibility index (Phi) is 5.59. The Bertz CT molecular complexity index is 1300. The maximum absolute atomic E-state index is 11.2. The molecule has 0 atom stereocenters. The number of nitrogen functional groups attached to an aromatic ring is 1. The molecular formula is C21H21N7O5. The van der Waals surface area contributed by atoms with Crippen LogP contribution in [0.4, 0.5) is 5.82 Å². The summed E-state index contributed by atoms with van der Waals surface area (Å²) in [5.41, 5.74) is 7.80. The van der Waals surface area contributed by atoms with Gasteiger partial charge in [0.15, 0.2) is 17.3 Å². The minimum absolute atomic E-state index is 0.125. The minimum Gasteiger partial charge on any atom is -0.478 e. The van der Waals surface area contributed by atoms with Crippen molar-refractivity contribution in [3.05, 3.63) is 42.1 Å². The van der Waals surface area contributed by atoms with Crippen LogP contribution in [0.2, 0.25) is 0 Å². The molecule has 4 heterocycles. The molecule has 0 bridgehead atoms.